The predicted octanol–water partition coefficient (Wildman–Crippen LogP) is 6.49. The van der Waals surface area contributed by atoms with Gasteiger partial charge in [-0.25, -0.2) is 43.2 Å². The van der Waals surface area contributed by atoms with Crippen LogP contribution in [0.2, 0.25) is 0 Å². The number of rotatable bonds is 7. The monoisotopic (exact) mass is 932 g/mol. The van der Waals surface area contributed by atoms with Crippen LogP contribution in [0.5, 0.6) is 0 Å². The Labute approximate surface area is 360 Å². The van der Waals surface area contributed by atoms with E-state index in [2.05, 4.69) is 29.9 Å². The molecule has 3 saturated heterocycles. The normalized spacial score (nSPS) is 32.1. The van der Waals surface area contributed by atoms with Crippen LogP contribution in [-0.4, -0.2) is 101 Å². The third-order valence-corrected chi connectivity index (χ3v) is 16.5. The summed E-state index contributed by atoms with van der Waals surface area (Å²) in [4.78, 5) is 38.0. The van der Waals surface area contributed by atoms with Gasteiger partial charge in [0.05, 0.1) is 61.3 Å². The number of aromatic nitrogens is 8. The lowest BCUT2D eigenvalue weighted by Crippen LogP contribution is -2.37. The fraction of sp³-hybridized carbons (Fsp3) is 0.472. The molecule has 2 unspecified atom stereocenters. The first-order valence-electron chi connectivity index (χ1n) is 19.4. The van der Waals surface area contributed by atoms with Crippen LogP contribution in [-0.2, 0) is 67.1 Å². The summed E-state index contributed by atoms with van der Waals surface area (Å²) in [5.74, 6) is -0.277. The Kier molecular flexibility index (Phi) is 12.6. The van der Waals surface area contributed by atoms with E-state index in [-0.39, 0.29) is 41.3 Å². The molecule has 10 rings (SSSR count). The van der Waals surface area contributed by atoms with Crippen molar-refractivity contribution < 1.29 is 50.4 Å². The minimum atomic E-state index is -4.63. The third-order valence-electron chi connectivity index (χ3n) is 10.5. The lowest BCUT2D eigenvalue weighted by molar-refractivity contribution is -0.385. The molecule has 3 fully saturated rings. The van der Waals surface area contributed by atoms with Crippen molar-refractivity contribution >= 4 is 64.7 Å². The zero-order chi connectivity index (χ0) is 43.0. The van der Waals surface area contributed by atoms with Crippen LogP contribution in [0, 0.1) is 21.4 Å². The van der Waals surface area contributed by atoms with Crippen molar-refractivity contribution in [3.05, 3.63) is 88.8 Å². The molecule has 5 aliphatic rings. The van der Waals surface area contributed by atoms with E-state index in [4.69, 9.17) is 43.9 Å². The number of para-hydroxylation sites is 1. The Morgan fingerprint density at radius 3 is 2.06 bits per heavy atom. The summed E-state index contributed by atoms with van der Waals surface area (Å²) >= 11 is 6.37. The molecule has 62 heavy (non-hydrogen) atoms. The van der Waals surface area contributed by atoms with Gasteiger partial charge in [-0.05, 0) is 48.9 Å². The van der Waals surface area contributed by atoms with E-state index in [1.54, 1.807) is 6.07 Å². The zero-order valence-corrected chi connectivity index (χ0v) is 35.7. The van der Waals surface area contributed by atoms with Gasteiger partial charge in [0.2, 0.25) is 0 Å². The number of ether oxygens (including phenoxy) is 2. The summed E-state index contributed by atoms with van der Waals surface area (Å²) in [5.41, 5.74) is 2.46. The van der Waals surface area contributed by atoms with Crippen LogP contribution in [0.15, 0.2) is 61.7 Å². The summed E-state index contributed by atoms with van der Waals surface area (Å²) in [6.45, 7) is -10.2. The van der Waals surface area contributed by atoms with Gasteiger partial charge < -0.3 is 18.5 Å². The summed E-state index contributed by atoms with van der Waals surface area (Å²) in [6, 6.07) is 7.76. The van der Waals surface area contributed by atoms with Crippen LogP contribution in [0.25, 0.3) is 22.3 Å². The average molecular weight is 933 g/mol. The van der Waals surface area contributed by atoms with Crippen LogP contribution < -0.4 is 0 Å². The molecule has 1 aromatic carbocycles. The molecular formula is C36H36F2N10O10P2S2. The van der Waals surface area contributed by atoms with Gasteiger partial charge in [-0.1, -0.05) is 30.4 Å². The smallest absolute Gasteiger partial charge is 0.346 e. The standard InChI is InChI=1S/C36H36F2N10O10P2S2/c37-27-31-26-15-54-60(61,52-13-7-12-39)58-32-25(14-53-59(51,57-31)62-16-21-8-5-6-11-24(21)48(49)50)55-36(28(32)38)47-20-45-30-23(41-18-43-34(30)47)10-4-2-1-3-9-22-29-33(42-17-40-22)46(19-44-29)35(27)56-26/h1-2,5-6,8,11,17-20,25-28,31-32,35-36H,3-4,7,9-10,13-16H2/b2-1+/t25-,26-,27-,28-,31-,32-,35-,36-,59?,60?/m1/s1. The van der Waals surface area contributed by atoms with Crippen molar-refractivity contribution in [2.24, 2.45) is 0 Å². The maximum absolute atomic E-state index is 17.2. The van der Waals surface area contributed by atoms with Crippen LogP contribution in [0.3, 0.4) is 0 Å². The number of imidazole rings is 2. The van der Waals surface area contributed by atoms with E-state index < -0.39 is 80.9 Å². The first-order valence-corrected chi connectivity index (χ1v) is 25.0. The molecular weight excluding hydrogens is 897 g/mol. The predicted molar refractivity (Wildman–Crippen MR) is 218 cm³/mol. The van der Waals surface area contributed by atoms with Gasteiger partial charge in [0.1, 0.15) is 48.1 Å². The number of alkyl halides is 2. The van der Waals surface area contributed by atoms with E-state index in [1.807, 2.05) is 18.2 Å². The van der Waals surface area contributed by atoms with E-state index in [9.17, 15) is 15.4 Å². The molecule has 5 aromatic rings. The highest BCUT2D eigenvalue weighted by Crippen LogP contribution is 2.65. The van der Waals surface area contributed by atoms with Crippen molar-refractivity contribution in [2.75, 3.05) is 19.8 Å². The molecule has 326 valence electrons. The second-order valence-corrected chi connectivity index (χ2v) is 21.4. The molecule has 0 amide bonds. The molecule has 0 N–H and O–H groups in total. The summed E-state index contributed by atoms with van der Waals surface area (Å²) in [5, 5.41) is 21.2. The number of nitro benzene ring substituents is 1. The lowest BCUT2D eigenvalue weighted by atomic mass is 10.1. The lowest BCUT2D eigenvalue weighted by Gasteiger charge is -2.31. The number of benzene rings is 1. The van der Waals surface area contributed by atoms with Crippen molar-refractivity contribution in [1.29, 1.82) is 5.26 Å². The number of nitro groups is 1. The first-order chi connectivity index (χ1) is 30.0. The molecule has 20 nitrogen and oxygen atoms in total. The molecule has 5 aliphatic heterocycles. The third kappa shape index (κ3) is 8.56. The van der Waals surface area contributed by atoms with Gasteiger partial charge >= 0.3 is 13.5 Å². The Bertz CT molecular complexity index is 2660. The fourth-order valence-electron chi connectivity index (χ4n) is 7.56. The maximum Gasteiger partial charge on any atom is 0.390 e. The van der Waals surface area contributed by atoms with Crippen LogP contribution in [0.4, 0.5) is 14.5 Å². The number of nitrogens with zero attached hydrogens (tertiary/aromatic N) is 10. The topological polar surface area (TPSA) is 236 Å². The molecule has 9 heterocycles. The molecule has 4 aromatic heterocycles. The first kappa shape index (κ1) is 43.0. The molecule has 10 atom stereocenters. The van der Waals surface area contributed by atoms with E-state index >= 15 is 13.3 Å². The fourth-order valence-corrected chi connectivity index (χ4v) is 13.0. The second-order valence-electron chi connectivity index (χ2n) is 14.4. The van der Waals surface area contributed by atoms with Gasteiger partial charge in [0.15, 0.2) is 36.1 Å². The number of allylic oxidation sites excluding steroid dienone is 2. The Morgan fingerprint density at radius 2 is 1.47 bits per heavy atom. The highest BCUT2D eigenvalue weighted by atomic mass is 32.7. The van der Waals surface area contributed by atoms with Gasteiger partial charge in [-0.15, -0.1) is 0 Å². The van der Waals surface area contributed by atoms with Crippen LogP contribution in [0.1, 0.15) is 48.7 Å². The van der Waals surface area contributed by atoms with Crippen molar-refractivity contribution in [3.8, 4) is 6.07 Å². The van der Waals surface area contributed by atoms with Gasteiger partial charge in [0.25, 0.3) is 5.69 Å². The SMILES string of the molecule is N#CCCOP1(=S)OC[C@H]2O[C@@H]3[C@H](F)[C@@H]2OP(=O)(SCc2ccccc2[N+](=O)[O-])OC[C@H]2O[C@H]([C@H](F)[C@@H]2O1)n1cnc2c(ncnc21)CC/C=C/CCc1ncnc2c1ncn23. The molecule has 0 spiro atoms. The quantitative estimate of drug-likeness (QED) is 0.0557. The van der Waals surface area contributed by atoms with Crippen molar-refractivity contribution in [1.82, 2.24) is 39.0 Å². The minimum absolute atomic E-state index is 0.128. The largest absolute Gasteiger partial charge is 0.390 e. The Balaban J connectivity index is 1.16. The molecule has 0 aliphatic carbocycles. The number of hydrogen-bond donors (Lipinski definition) is 0. The minimum Gasteiger partial charge on any atom is -0.346 e. The maximum atomic E-state index is 17.2. The van der Waals surface area contributed by atoms with E-state index in [0.29, 0.717) is 59.5 Å². The molecule has 0 saturated carbocycles. The van der Waals surface area contributed by atoms with Crippen LogP contribution >= 0.6 is 24.9 Å². The number of aryl methyl sites for hydroxylation is 2. The second kappa shape index (κ2) is 18.1. The van der Waals surface area contributed by atoms with Crippen molar-refractivity contribution in [3.63, 3.8) is 0 Å². The zero-order valence-electron chi connectivity index (χ0n) is 32.3. The summed E-state index contributed by atoms with van der Waals surface area (Å²) in [7, 11) is 0. The summed E-state index contributed by atoms with van der Waals surface area (Å²) in [6.07, 6.45) is -1.73. The number of hydrogen-bond acceptors (Lipinski definition) is 19. The Hall–Kier alpha value is -4.24. The highest BCUT2D eigenvalue weighted by Gasteiger charge is 2.55. The number of halogens is 2. The summed E-state index contributed by atoms with van der Waals surface area (Å²) < 4.78 is 95.0. The van der Waals surface area contributed by atoms with Gasteiger partial charge in [0, 0.05) is 17.4 Å². The number of nitriles is 1. The molecule has 26 heteroatoms. The Morgan fingerprint density at radius 1 is 0.887 bits per heavy atom. The molecule has 0 radical (unpaired) electrons. The average Bonchev–Trinajstić information content (AvgIpc) is 4.04. The highest BCUT2D eigenvalue weighted by molar-refractivity contribution is 8.54. The van der Waals surface area contributed by atoms with Gasteiger partial charge in [-0.3, -0.25) is 32.8 Å². The van der Waals surface area contributed by atoms with Gasteiger partial charge in [-0.2, -0.15) is 5.26 Å². The molecule has 14 bridgehead atoms. The van der Waals surface area contributed by atoms with E-state index in [0.717, 1.165) is 0 Å². The number of fused-ring (bicyclic) bond motifs is 10. The van der Waals surface area contributed by atoms with Crippen molar-refractivity contribution in [2.45, 2.75) is 87.1 Å². The van der Waals surface area contributed by atoms with E-state index in [1.165, 1.54) is 52.6 Å².